The van der Waals surface area contributed by atoms with E-state index in [-0.39, 0.29) is 0 Å². The van der Waals surface area contributed by atoms with Gasteiger partial charge in [0, 0.05) is 23.5 Å². The van der Waals surface area contributed by atoms with E-state index in [2.05, 4.69) is 9.72 Å². The van der Waals surface area contributed by atoms with Crippen molar-refractivity contribution in [3.63, 3.8) is 0 Å². The number of ether oxygens (including phenoxy) is 1. The summed E-state index contributed by atoms with van der Waals surface area (Å²) in [6, 6.07) is 3.22. The molecule has 0 atom stereocenters. The van der Waals surface area contributed by atoms with Crippen molar-refractivity contribution in [2.24, 2.45) is 0 Å². The number of hydrogen-bond donors (Lipinski definition) is 1. The molecular weight excluding hydrogens is 210 g/mol. The van der Waals surface area contributed by atoms with Crippen LogP contribution in [0.1, 0.15) is 16.1 Å². The largest absolute Gasteiger partial charge is 0.502 e. The third kappa shape index (κ3) is 2.91. The molecule has 0 unspecified atom stereocenters. The number of nitrogens with zero attached hydrogens (tertiary/aromatic N) is 1. The van der Waals surface area contributed by atoms with Crippen molar-refractivity contribution in [2.75, 3.05) is 7.11 Å². The summed E-state index contributed by atoms with van der Waals surface area (Å²) >= 11 is 0. The third-order valence-corrected chi connectivity index (χ3v) is 1.86. The number of pyridine rings is 1. The van der Waals surface area contributed by atoms with Crippen molar-refractivity contribution in [3.05, 3.63) is 41.4 Å². The molecule has 1 N–H and O–H groups in total. The van der Waals surface area contributed by atoms with Gasteiger partial charge in [-0.05, 0) is 19.1 Å². The summed E-state index contributed by atoms with van der Waals surface area (Å²) in [4.78, 5) is 26.3. The molecule has 1 heterocycles. The van der Waals surface area contributed by atoms with E-state index in [0.29, 0.717) is 5.56 Å². The van der Waals surface area contributed by atoms with E-state index in [1.807, 2.05) is 0 Å². The van der Waals surface area contributed by atoms with Crippen molar-refractivity contribution >= 4 is 11.8 Å². The molecule has 0 saturated heterocycles. The number of esters is 1. The first-order chi connectivity index (χ1) is 7.54. The Morgan fingerprint density at radius 3 is 2.62 bits per heavy atom. The fourth-order valence-corrected chi connectivity index (χ4v) is 0.985. The lowest BCUT2D eigenvalue weighted by Gasteiger charge is -1.98. The Kier molecular flexibility index (Phi) is 3.77. The van der Waals surface area contributed by atoms with E-state index < -0.39 is 17.5 Å². The highest BCUT2D eigenvalue weighted by Gasteiger charge is 2.11. The van der Waals surface area contributed by atoms with Gasteiger partial charge in [0.2, 0.25) is 5.76 Å². The summed E-state index contributed by atoms with van der Waals surface area (Å²) in [5.41, 5.74) is 1.07. The van der Waals surface area contributed by atoms with E-state index in [1.54, 1.807) is 19.1 Å². The topological polar surface area (TPSA) is 76.5 Å². The standard InChI is InChI=1S/C11H11NO4/c1-7-3-4-8(6-12-7)9(13)5-10(14)11(15)16-2/h3-6,14H,1-2H3/b10-5-. The molecule has 16 heavy (non-hydrogen) atoms. The van der Waals surface area contributed by atoms with Crippen LogP contribution in [0, 0.1) is 6.92 Å². The first-order valence-electron chi connectivity index (χ1n) is 4.50. The second kappa shape index (κ2) is 5.06. The zero-order valence-electron chi connectivity index (χ0n) is 8.93. The molecule has 1 aromatic heterocycles. The van der Waals surface area contributed by atoms with Crippen LogP contribution >= 0.6 is 0 Å². The number of aryl methyl sites for hydroxylation is 1. The number of carbonyl (C=O) groups is 2. The maximum atomic E-state index is 11.5. The normalized spacial score (nSPS) is 11.0. The van der Waals surface area contributed by atoms with Gasteiger partial charge >= 0.3 is 5.97 Å². The summed E-state index contributed by atoms with van der Waals surface area (Å²) < 4.78 is 4.24. The van der Waals surface area contributed by atoms with Gasteiger partial charge in [-0.15, -0.1) is 0 Å². The van der Waals surface area contributed by atoms with Gasteiger partial charge in [-0.25, -0.2) is 4.79 Å². The van der Waals surface area contributed by atoms with E-state index in [1.165, 1.54) is 6.20 Å². The number of aliphatic hydroxyl groups excluding tert-OH is 1. The summed E-state index contributed by atoms with van der Waals surface area (Å²) in [5, 5.41) is 9.15. The summed E-state index contributed by atoms with van der Waals surface area (Å²) in [7, 11) is 1.12. The fourth-order valence-electron chi connectivity index (χ4n) is 0.985. The van der Waals surface area contributed by atoms with Crippen molar-refractivity contribution in [1.82, 2.24) is 4.98 Å². The number of rotatable bonds is 3. The Bertz CT molecular complexity index is 434. The van der Waals surface area contributed by atoms with Crippen molar-refractivity contribution in [3.8, 4) is 0 Å². The van der Waals surface area contributed by atoms with Crippen LogP contribution in [0.3, 0.4) is 0 Å². The maximum Gasteiger partial charge on any atom is 0.373 e. The van der Waals surface area contributed by atoms with E-state index in [9.17, 15) is 9.59 Å². The molecule has 0 aliphatic carbocycles. The van der Waals surface area contributed by atoms with Gasteiger partial charge in [0.1, 0.15) is 0 Å². The number of allylic oxidation sites excluding steroid dienone is 1. The van der Waals surface area contributed by atoms with Gasteiger partial charge in [0.05, 0.1) is 7.11 Å². The lowest BCUT2D eigenvalue weighted by atomic mass is 10.1. The van der Waals surface area contributed by atoms with Crippen molar-refractivity contribution in [1.29, 1.82) is 0 Å². The minimum atomic E-state index is -0.951. The number of carbonyl (C=O) groups excluding carboxylic acids is 2. The van der Waals surface area contributed by atoms with Crippen molar-refractivity contribution < 1.29 is 19.4 Å². The summed E-state index contributed by atoms with van der Waals surface area (Å²) in [6.45, 7) is 1.79. The second-order valence-corrected chi connectivity index (χ2v) is 3.07. The van der Waals surface area contributed by atoms with Gasteiger partial charge in [0.25, 0.3) is 0 Å². The molecule has 0 spiro atoms. The number of aliphatic hydroxyl groups is 1. The zero-order chi connectivity index (χ0) is 12.1. The monoisotopic (exact) mass is 221 g/mol. The molecule has 0 aliphatic heterocycles. The van der Waals surface area contributed by atoms with Gasteiger partial charge < -0.3 is 9.84 Å². The molecule has 1 aromatic rings. The summed E-state index contributed by atoms with van der Waals surface area (Å²) in [6.07, 6.45) is 2.18. The minimum Gasteiger partial charge on any atom is -0.502 e. The average Bonchev–Trinajstić information content (AvgIpc) is 2.28. The van der Waals surface area contributed by atoms with Crippen LogP contribution in [0.25, 0.3) is 0 Å². The molecule has 0 bridgehead atoms. The van der Waals surface area contributed by atoms with Gasteiger partial charge in [-0.3, -0.25) is 9.78 Å². The quantitative estimate of drug-likeness (QED) is 0.359. The van der Waals surface area contributed by atoms with E-state index in [4.69, 9.17) is 5.11 Å². The molecule has 0 amide bonds. The van der Waals surface area contributed by atoms with Crippen LogP contribution in [-0.2, 0) is 9.53 Å². The smallest absolute Gasteiger partial charge is 0.373 e. The van der Waals surface area contributed by atoms with E-state index in [0.717, 1.165) is 18.9 Å². The predicted molar refractivity (Wildman–Crippen MR) is 56.0 cm³/mol. The molecule has 1 rings (SSSR count). The molecule has 5 nitrogen and oxygen atoms in total. The number of methoxy groups -OCH3 is 1. The fraction of sp³-hybridized carbons (Fsp3) is 0.182. The second-order valence-electron chi connectivity index (χ2n) is 3.07. The highest BCUT2D eigenvalue weighted by atomic mass is 16.5. The Labute approximate surface area is 92.4 Å². The molecule has 0 aromatic carbocycles. The lowest BCUT2D eigenvalue weighted by molar-refractivity contribution is -0.139. The van der Waals surface area contributed by atoms with Gasteiger partial charge in [0.15, 0.2) is 5.78 Å². The third-order valence-electron chi connectivity index (χ3n) is 1.86. The predicted octanol–water partition coefficient (Wildman–Crippen LogP) is 1.19. The molecular formula is C11H11NO4. The van der Waals surface area contributed by atoms with Crippen LogP contribution in [0.15, 0.2) is 30.2 Å². The highest BCUT2D eigenvalue weighted by Crippen LogP contribution is 2.03. The SMILES string of the molecule is COC(=O)/C(O)=C/C(=O)c1ccc(C)nc1. The Balaban J connectivity index is 2.87. The first-order valence-corrected chi connectivity index (χ1v) is 4.50. The molecule has 0 saturated carbocycles. The molecule has 0 aliphatic rings. The average molecular weight is 221 g/mol. The Morgan fingerprint density at radius 1 is 1.44 bits per heavy atom. The Hall–Kier alpha value is -2.17. The van der Waals surface area contributed by atoms with Crippen LogP contribution in [0.4, 0.5) is 0 Å². The summed E-state index contributed by atoms with van der Waals surface area (Å²) in [5.74, 6) is -2.18. The maximum absolute atomic E-state index is 11.5. The van der Waals surface area contributed by atoms with Crippen LogP contribution in [-0.4, -0.2) is 29.0 Å². The molecule has 0 fully saturated rings. The number of aromatic nitrogens is 1. The zero-order valence-corrected chi connectivity index (χ0v) is 8.93. The van der Waals surface area contributed by atoms with Crippen LogP contribution in [0.5, 0.6) is 0 Å². The molecule has 0 radical (unpaired) electrons. The van der Waals surface area contributed by atoms with E-state index >= 15 is 0 Å². The van der Waals surface area contributed by atoms with Gasteiger partial charge in [-0.2, -0.15) is 0 Å². The highest BCUT2D eigenvalue weighted by molar-refractivity contribution is 6.07. The number of hydrogen-bond acceptors (Lipinski definition) is 5. The lowest BCUT2D eigenvalue weighted by Crippen LogP contribution is -2.07. The van der Waals surface area contributed by atoms with Crippen molar-refractivity contribution in [2.45, 2.75) is 6.92 Å². The Morgan fingerprint density at radius 2 is 2.12 bits per heavy atom. The molecule has 84 valence electrons. The van der Waals surface area contributed by atoms with Crippen LogP contribution < -0.4 is 0 Å². The minimum absolute atomic E-state index is 0.293. The van der Waals surface area contributed by atoms with Crippen LogP contribution in [0.2, 0.25) is 0 Å². The first kappa shape index (κ1) is 11.9. The molecule has 5 heteroatoms. The number of ketones is 1. The van der Waals surface area contributed by atoms with Gasteiger partial charge in [-0.1, -0.05) is 0 Å².